The highest BCUT2D eigenvalue weighted by Gasteiger charge is 2.15. The number of nitrogens with zero attached hydrogens (tertiary/aromatic N) is 1. The molecular formula is C30H25ClN2O2. The average Bonchev–Trinajstić information content (AvgIpc) is 2.83. The van der Waals surface area contributed by atoms with E-state index < -0.39 is 5.91 Å². The molecule has 4 aromatic rings. The zero-order chi connectivity index (χ0) is 24.9. The molecule has 0 fully saturated rings. The number of anilines is 1. The van der Waals surface area contributed by atoms with Gasteiger partial charge in [0.25, 0.3) is 5.91 Å². The molecule has 0 saturated carbocycles. The van der Waals surface area contributed by atoms with Crippen molar-refractivity contribution in [3.05, 3.63) is 111 Å². The minimum absolute atomic E-state index is 0.0306. The van der Waals surface area contributed by atoms with Gasteiger partial charge in [0, 0.05) is 16.3 Å². The van der Waals surface area contributed by atoms with Crippen LogP contribution in [0.25, 0.3) is 16.8 Å². The van der Waals surface area contributed by atoms with Gasteiger partial charge < -0.3 is 10.1 Å². The summed E-state index contributed by atoms with van der Waals surface area (Å²) in [5, 5.41) is 15.0. The zero-order valence-corrected chi connectivity index (χ0v) is 20.6. The number of hydrogen-bond acceptors (Lipinski definition) is 3. The largest absolute Gasteiger partial charge is 0.488 e. The van der Waals surface area contributed by atoms with Gasteiger partial charge in [-0.05, 0) is 66.9 Å². The second-order valence-electron chi connectivity index (χ2n) is 8.57. The van der Waals surface area contributed by atoms with Gasteiger partial charge in [-0.15, -0.1) is 0 Å². The van der Waals surface area contributed by atoms with E-state index in [0.29, 0.717) is 28.6 Å². The summed E-state index contributed by atoms with van der Waals surface area (Å²) in [6, 6.07) is 25.3. The van der Waals surface area contributed by atoms with E-state index in [0.717, 1.165) is 21.9 Å². The maximum atomic E-state index is 13.0. The van der Waals surface area contributed by atoms with Gasteiger partial charge in [0.15, 0.2) is 0 Å². The van der Waals surface area contributed by atoms with Crippen LogP contribution in [-0.2, 0) is 11.4 Å². The minimum atomic E-state index is -0.508. The number of nitrogens with one attached hydrogen (secondary N) is 1. The third-order valence-corrected chi connectivity index (χ3v) is 5.94. The molecule has 0 aliphatic heterocycles. The van der Waals surface area contributed by atoms with Gasteiger partial charge >= 0.3 is 0 Å². The Labute approximate surface area is 210 Å². The molecule has 35 heavy (non-hydrogen) atoms. The summed E-state index contributed by atoms with van der Waals surface area (Å²) in [5.74, 6) is 0.0911. The first-order valence-corrected chi connectivity index (χ1v) is 11.6. The molecule has 0 bridgehead atoms. The molecule has 0 unspecified atom stereocenters. The monoisotopic (exact) mass is 480 g/mol. The second-order valence-corrected chi connectivity index (χ2v) is 9.00. The van der Waals surface area contributed by atoms with Crippen LogP contribution in [0.2, 0.25) is 5.02 Å². The lowest BCUT2D eigenvalue weighted by atomic mass is 10.0. The first kappa shape index (κ1) is 24.1. The smallest absolute Gasteiger partial charge is 0.266 e. The number of halogens is 1. The lowest BCUT2D eigenvalue weighted by Gasteiger charge is -2.14. The molecule has 1 amide bonds. The van der Waals surface area contributed by atoms with E-state index in [2.05, 4.69) is 37.4 Å². The fraction of sp³-hybridized carbons (Fsp3) is 0.133. The average molecular weight is 481 g/mol. The highest BCUT2D eigenvalue weighted by molar-refractivity contribution is 6.31. The molecule has 0 saturated heterocycles. The molecule has 5 heteroatoms. The quantitative estimate of drug-likeness (QED) is 0.229. The van der Waals surface area contributed by atoms with Gasteiger partial charge in [-0.2, -0.15) is 5.26 Å². The molecule has 0 aliphatic rings. The van der Waals surface area contributed by atoms with Crippen molar-refractivity contribution in [3.8, 4) is 11.8 Å². The van der Waals surface area contributed by atoms with Crippen molar-refractivity contribution in [1.29, 1.82) is 5.26 Å². The summed E-state index contributed by atoms with van der Waals surface area (Å²) in [7, 11) is 0. The summed E-state index contributed by atoms with van der Waals surface area (Å²) in [4.78, 5) is 13.0. The van der Waals surface area contributed by atoms with Crippen molar-refractivity contribution in [1.82, 2.24) is 0 Å². The van der Waals surface area contributed by atoms with E-state index >= 15 is 0 Å². The van der Waals surface area contributed by atoms with Crippen molar-refractivity contribution < 1.29 is 9.53 Å². The Hall–Kier alpha value is -4.07. The Balaban J connectivity index is 1.72. The van der Waals surface area contributed by atoms with Crippen molar-refractivity contribution in [2.24, 2.45) is 0 Å². The topological polar surface area (TPSA) is 62.1 Å². The number of fused-ring (bicyclic) bond motifs is 1. The minimum Gasteiger partial charge on any atom is -0.488 e. The molecule has 1 N–H and O–H groups in total. The number of hydrogen-bond donors (Lipinski definition) is 1. The maximum Gasteiger partial charge on any atom is 0.266 e. The van der Waals surface area contributed by atoms with Crippen LogP contribution in [0.3, 0.4) is 0 Å². The first-order valence-electron chi connectivity index (χ1n) is 11.2. The van der Waals surface area contributed by atoms with Crippen LogP contribution in [0, 0.1) is 32.1 Å². The van der Waals surface area contributed by atoms with Crippen LogP contribution >= 0.6 is 11.6 Å². The fourth-order valence-corrected chi connectivity index (χ4v) is 4.25. The van der Waals surface area contributed by atoms with Gasteiger partial charge in [0.1, 0.15) is 24.0 Å². The van der Waals surface area contributed by atoms with Gasteiger partial charge in [0.2, 0.25) is 0 Å². The molecule has 4 nitrogen and oxygen atoms in total. The van der Waals surface area contributed by atoms with Crippen molar-refractivity contribution >= 4 is 40.0 Å². The van der Waals surface area contributed by atoms with Gasteiger partial charge in [-0.3, -0.25) is 4.79 Å². The Kier molecular flexibility index (Phi) is 7.19. The number of benzene rings is 4. The van der Waals surface area contributed by atoms with E-state index in [1.165, 1.54) is 11.1 Å². The lowest BCUT2D eigenvalue weighted by molar-refractivity contribution is -0.112. The summed E-state index contributed by atoms with van der Waals surface area (Å²) in [6.07, 6.45) is 1.59. The van der Waals surface area contributed by atoms with E-state index in [9.17, 15) is 10.1 Å². The van der Waals surface area contributed by atoms with E-state index in [-0.39, 0.29) is 5.57 Å². The summed E-state index contributed by atoms with van der Waals surface area (Å²) >= 11 is 6.09. The molecule has 0 aliphatic carbocycles. The third-order valence-electron chi connectivity index (χ3n) is 5.71. The van der Waals surface area contributed by atoms with Gasteiger partial charge in [-0.25, -0.2) is 0 Å². The van der Waals surface area contributed by atoms with Crippen LogP contribution in [0.1, 0.15) is 27.8 Å². The summed E-state index contributed by atoms with van der Waals surface area (Å²) in [5.41, 5.74) is 5.46. The number of aryl methyl sites for hydroxylation is 3. The van der Waals surface area contributed by atoms with Crippen LogP contribution < -0.4 is 10.1 Å². The van der Waals surface area contributed by atoms with Crippen LogP contribution in [0.15, 0.2) is 78.4 Å². The predicted molar refractivity (Wildman–Crippen MR) is 143 cm³/mol. The zero-order valence-electron chi connectivity index (χ0n) is 19.9. The number of rotatable bonds is 6. The van der Waals surface area contributed by atoms with E-state index in [1.807, 2.05) is 55.5 Å². The molecule has 0 spiro atoms. The standard InChI is InChI=1S/C30H25ClN2O2/c1-19-12-20(2)14-22(13-19)18-35-29-11-9-23-6-4-5-7-26(23)27(29)15-24(17-32)30(34)33-28-16-25(31)10-8-21(28)3/h4-16H,18H2,1-3H3,(H,33,34)/b24-15+. The van der Waals surface area contributed by atoms with Gasteiger partial charge in [-0.1, -0.05) is 77.3 Å². The Morgan fingerprint density at radius 1 is 1.00 bits per heavy atom. The van der Waals surface area contributed by atoms with E-state index in [4.69, 9.17) is 16.3 Å². The highest BCUT2D eigenvalue weighted by Crippen LogP contribution is 2.31. The number of carbonyl (C=O) groups is 1. The Bertz CT molecular complexity index is 1480. The SMILES string of the molecule is Cc1cc(C)cc(COc2ccc3ccccc3c2/C=C(\C#N)C(=O)Nc2cc(Cl)ccc2C)c1. The summed E-state index contributed by atoms with van der Waals surface area (Å²) < 4.78 is 6.22. The Morgan fingerprint density at radius 2 is 1.74 bits per heavy atom. The van der Waals surface area contributed by atoms with Crippen molar-refractivity contribution in [2.75, 3.05) is 5.32 Å². The lowest BCUT2D eigenvalue weighted by Crippen LogP contribution is -2.14. The summed E-state index contributed by atoms with van der Waals surface area (Å²) in [6.45, 7) is 6.35. The van der Waals surface area contributed by atoms with Gasteiger partial charge in [0.05, 0.1) is 0 Å². The number of ether oxygens (including phenoxy) is 1. The molecule has 0 heterocycles. The fourth-order valence-electron chi connectivity index (χ4n) is 4.08. The van der Waals surface area contributed by atoms with Crippen LogP contribution in [-0.4, -0.2) is 5.91 Å². The number of carbonyl (C=O) groups excluding carboxylic acids is 1. The maximum absolute atomic E-state index is 13.0. The molecule has 0 atom stereocenters. The van der Waals surface area contributed by atoms with Crippen LogP contribution in [0.5, 0.6) is 5.75 Å². The first-order chi connectivity index (χ1) is 16.8. The molecule has 4 aromatic carbocycles. The number of amides is 1. The molecule has 0 radical (unpaired) electrons. The van der Waals surface area contributed by atoms with Crippen LogP contribution in [0.4, 0.5) is 5.69 Å². The van der Waals surface area contributed by atoms with Crippen molar-refractivity contribution in [2.45, 2.75) is 27.4 Å². The van der Waals surface area contributed by atoms with E-state index in [1.54, 1.807) is 18.2 Å². The highest BCUT2D eigenvalue weighted by atomic mass is 35.5. The number of nitriles is 1. The molecule has 0 aromatic heterocycles. The third kappa shape index (κ3) is 5.71. The normalized spacial score (nSPS) is 11.2. The second kappa shape index (κ2) is 10.5. The molecule has 174 valence electrons. The molecule has 4 rings (SSSR count). The van der Waals surface area contributed by atoms with Crippen molar-refractivity contribution in [3.63, 3.8) is 0 Å². The predicted octanol–water partition coefficient (Wildman–Crippen LogP) is 7.54. The Morgan fingerprint density at radius 3 is 2.49 bits per heavy atom. The molecular weight excluding hydrogens is 456 g/mol.